The van der Waals surface area contributed by atoms with Crippen molar-refractivity contribution in [1.29, 1.82) is 0 Å². The van der Waals surface area contributed by atoms with Crippen LogP contribution in [-0.4, -0.2) is 30.9 Å². The molecule has 0 radical (unpaired) electrons. The number of benzene rings is 2. The van der Waals surface area contributed by atoms with Gasteiger partial charge in [0.25, 0.3) is 5.91 Å². The van der Waals surface area contributed by atoms with Crippen LogP contribution in [0.5, 0.6) is 0 Å². The van der Waals surface area contributed by atoms with Crippen molar-refractivity contribution in [1.82, 2.24) is 5.32 Å². The van der Waals surface area contributed by atoms with Crippen molar-refractivity contribution in [2.75, 3.05) is 18.1 Å². The van der Waals surface area contributed by atoms with Gasteiger partial charge >= 0.3 is 5.97 Å². The zero-order valence-electron chi connectivity index (χ0n) is 14.6. The number of para-hydroxylation sites is 1. The molecule has 1 heterocycles. The van der Waals surface area contributed by atoms with Gasteiger partial charge in [0.05, 0.1) is 11.3 Å². The summed E-state index contributed by atoms with van der Waals surface area (Å²) in [5.74, 6) is -1.07. The Labute approximate surface area is 162 Å². The zero-order valence-corrected chi connectivity index (χ0v) is 15.4. The van der Waals surface area contributed by atoms with Crippen molar-refractivity contribution < 1.29 is 19.1 Å². The first-order valence-electron chi connectivity index (χ1n) is 8.62. The Morgan fingerprint density at radius 2 is 1.96 bits per heavy atom. The summed E-state index contributed by atoms with van der Waals surface area (Å²) in [7, 11) is 0. The van der Waals surface area contributed by atoms with Crippen molar-refractivity contribution in [3.8, 4) is 0 Å². The van der Waals surface area contributed by atoms with Gasteiger partial charge in [-0.3, -0.25) is 9.59 Å². The van der Waals surface area contributed by atoms with E-state index in [1.165, 1.54) is 0 Å². The first kappa shape index (κ1) is 18.9. The van der Waals surface area contributed by atoms with Gasteiger partial charge in [-0.25, -0.2) is 4.79 Å². The lowest BCUT2D eigenvalue weighted by atomic mass is 10.1. The summed E-state index contributed by atoms with van der Waals surface area (Å²) in [5, 5.41) is 3.25. The number of halogens is 1. The van der Waals surface area contributed by atoms with E-state index < -0.39 is 18.5 Å². The first-order chi connectivity index (χ1) is 13.0. The van der Waals surface area contributed by atoms with E-state index in [0.717, 1.165) is 12.0 Å². The van der Waals surface area contributed by atoms with Crippen LogP contribution in [0.25, 0.3) is 0 Å². The standard InChI is InChI=1S/C20H19ClN2O4/c21-15-6-3-5-14(11-15)12-22-18(24)13-27-20(26)16-7-1-2-8-17(16)23-10-4-9-19(23)25/h1-3,5-8,11H,4,9-10,12-13H2,(H,22,24). The summed E-state index contributed by atoms with van der Waals surface area (Å²) in [4.78, 5) is 37.9. The third-order valence-electron chi connectivity index (χ3n) is 4.20. The largest absolute Gasteiger partial charge is 0.452 e. The van der Waals surface area contributed by atoms with Gasteiger partial charge in [-0.2, -0.15) is 0 Å². The maximum Gasteiger partial charge on any atom is 0.340 e. The van der Waals surface area contributed by atoms with E-state index in [4.69, 9.17) is 16.3 Å². The van der Waals surface area contributed by atoms with E-state index in [1.54, 1.807) is 47.4 Å². The molecule has 7 heteroatoms. The molecular formula is C20H19ClN2O4. The van der Waals surface area contributed by atoms with Crippen LogP contribution in [0.15, 0.2) is 48.5 Å². The Morgan fingerprint density at radius 3 is 2.70 bits per heavy atom. The Bertz CT molecular complexity index is 869. The summed E-state index contributed by atoms with van der Waals surface area (Å²) in [6.07, 6.45) is 1.23. The number of nitrogens with one attached hydrogen (secondary N) is 1. The Hall–Kier alpha value is -2.86. The molecule has 0 unspecified atom stereocenters. The second kappa shape index (κ2) is 8.68. The minimum Gasteiger partial charge on any atom is -0.452 e. The molecule has 0 spiro atoms. The number of hydrogen-bond donors (Lipinski definition) is 1. The van der Waals surface area contributed by atoms with Crippen molar-refractivity contribution in [3.63, 3.8) is 0 Å². The van der Waals surface area contributed by atoms with E-state index in [9.17, 15) is 14.4 Å². The fourth-order valence-corrected chi connectivity index (χ4v) is 3.10. The van der Waals surface area contributed by atoms with Crippen LogP contribution in [0.1, 0.15) is 28.8 Å². The highest BCUT2D eigenvalue weighted by Crippen LogP contribution is 2.25. The van der Waals surface area contributed by atoms with Crippen LogP contribution in [0.2, 0.25) is 5.02 Å². The fourth-order valence-electron chi connectivity index (χ4n) is 2.89. The number of carbonyl (C=O) groups excluding carboxylic acids is 3. The second-order valence-corrected chi connectivity index (χ2v) is 6.59. The number of esters is 1. The summed E-state index contributed by atoms with van der Waals surface area (Å²) < 4.78 is 5.12. The van der Waals surface area contributed by atoms with E-state index in [1.807, 2.05) is 6.07 Å². The fraction of sp³-hybridized carbons (Fsp3) is 0.250. The molecule has 1 N–H and O–H groups in total. The normalized spacial score (nSPS) is 13.5. The lowest BCUT2D eigenvalue weighted by Crippen LogP contribution is -2.29. The lowest BCUT2D eigenvalue weighted by Gasteiger charge is -2.18. The third kappa shape index (κ3) is 4.86. The molecule has 0 aliphatic carbocycles. The van der Waals surface area contributed by atoms with Crippen LogP contribution in [-0.2, 0) is 20.9 Å². The first-order valence-corrected chi connectivity index (χ1v) is 9.00. The predicted molar refractivity (Wildman–Crippen MR) is 102 cm³/mol. The van der Waals surface area contributed by atoms with Gasteiger partial charge < -0.3 is 15.0 Å². The molecule has 2 aromatic carbocycles. The zero-order chi connectivity index (χ0) is 19.2. The molecular weight excluding hydrogens is 368 g/mol. The van der Waals surface area contributed by atoms with E-state index in [-0.39, 0.29) is 18.0 Å². The maximum absolute atomic E-state index is 12.4. The van der Waals surface area contributed by atoms with Crippen LogP contribution >= 0.6 is 11.6 Å². The average Bonchev–Trinajstić information content (AvgIpc) is 3.10. The van der Waals surface area contributed by atoms with Gasteiger partial charge in [0.2, 0.25) is 5.91 Å². The quantitative estimate of drug-likeness (QED) is 0.774. The van der Waals surface area contributed by atoms with Crippen molar-refractivity contribution in [3.05, 3.63) is 64.7 Å². The van der Waals surface area contributed by atoms with E-state index in [2.05, 4.69) is 5.32 Å². The molecule has 140 valence electrons. The highest BCUT2D eigenvalue weighted by Gasteiger charge is 2.26. The molecule has 2 aromatic rings. The van der Waals surface area contributed by atoms with Gasteiger partial charge in [0.1, 0.15) is 0 Å². The van der Waals surface area contributed by atoms with E-state index >= 15 is 0 Å². The monoisotopic (exact) mass is 386 g/mol. The smallest absolute Gasteiger partial charge is 0.340 e. The highest BCUT2D eigenvalue weighted by molar-refractivity contribution is 6.30. The third-order valence-corrected chi connectivity index (χ3v) is 4.44. The van der Waals surface area contributed by atoms with Crippen molar-refractivity contribution >= 4 is 35.1 Å². The number of amides is 2. The van der Waals surface area contributed by atoms with Crippen molar-refractivity contribution in [2.24, 2.45) is 0 Å². The van der Waals surface area contributed by atoms with Crippen LogP contribution < -0.4 is 10.2 Å². The summed E-state index contributed by atoms with van der Waals surface area (Å²) in [6, 6.07) is 13.9. The van der Waals surface area contributed by atoms with Gasteiger partial charge in [0, 0.05) is 24.5 Å². The van der Waals surface area contributed by atoms with Gasteiger partial charge in [-0.15, -0.1) is 0 Å². The number of anilines is 1. The minimum atomic E-state index is -0.636. The number of carbonyl (C=O) groups is 3. The maximum atomic E-state index is 12.4. The molecule has 0 aromatic heterocycles. The summed E-state index contributed by atoms with van der Waals surface area (Å²) in [5.41, 5.74) is 1.64. The molecule has 3 rings (SSSR count). The number of rotatable bonds is 6. The van der Waals surface area contributed by atoms with Crippen LogP contribution in [0, 0.1) is 0 Å². The Balaban J connectivity index is 1.56. The summed E-state index contributed by atoms with van der Waals surface area (Å²) in [6.45, 7) is 0.459. The van der Waals surface area contributed by atoms with Gasteiger partial charge in [-0.1, -0.05) is 35.9 Å². The van der Waals surface area contributed by atoms with Gasteiger partial charge in [-0.05, 0) is 36.2 Å². The average molecular weight is 387 g/mol. The number of ether oxygens (including phenoxy) is 1. The molecule has 0 saturated carbocycles. The highest BCUT2D eigenvalue weighted by atomic mass is 35.5. The molecule has 2 amide bonds. The van der Waals surface area contributed by atoms with Gasteiger partial charge in [0.15, 0.2) is 6.61 Å². The molecule has 1 fully saturated rings. The molecule has 0 bridgehead atoms. The molecule has 1 saturated heterocycles. The Morgan fingerprint density at radius 1 is 1.15 bits per heavy atom. The lowest BCUT2D eigenvalue weighted by molar-refractivity contribution is -0.124. The van der Waals surface area contributed by atoms with Crippen molar-refractivity contribution in [2.45, 2.75) is 19.4 Å². The number of hydrogen-bond acceptors (Lipinski definition) is 4. The molecule has 0 atom stereocenters. The van der Waals surface area contributed by atoms with Crippen LogP contribution in [0.3, 0.4) is 0 Å². The predicted octanol–water partition coefficient (Wildman–Crippen LogP) is 2.94. The van der Waals surface area contributed by atoms with E-state index in [0.29, 0.717) is 23.7 Å². The molecule has 1 aliphatic heterocycles. The topological polar surface area (TPSA) is 75.7 Å². The Kier molecular flexibility index (Phi) is 6.08. The second-order valence-electron chi connectivity index (χ2n) is 6.15. The summed E-state index contributed by atoms with van der Waals surface area (Å²) >= 11 is 5.90. The minimum absolute atomic E-state index is 0.0190. The SMILES string of the molecule is O=C(COC(=O)c1ccccc1N1CCCC1=O)NCc1cccc(Cl)c1. The number of nitrogens with zero attached hydrogens (tertiary/aromatic N) is 1. The molecule has 27 heavy (non-hydrogen) atoms. The van der Waals surface area contributed by atoms with Crippen LogP contribution in [0.4, 0.5) is 5.69 Å². The molecule has 1 aliphatic rings. The molecule has 6 nitrogen and oxygen atoms in total.